The van der Waals surface area contributed by atoms with Gasteiger partial charge < -0.3 is 14.2 Å². The molecule has 1 aromatic carbocycles. The lowest BCUT2D eigenvalue weighted by atomic mass is 9.70. The van der Waals surface area contributed by atoms with Crippen molar-refractivity contribution in [1.82, 2.24) is 14.5 Å². The second kappa shape index (κ2) is 6.76. The predicted molar refractivity (Wildman–Crippen MR) is 111 cm³/mol. The number of rotatable bonds is 4. The molecule has 1 spiro atoms. The van der Waals surface area contributed by atoms with Gasteiger partial charge in [-0.25, -0.2) is 14.6 Å². The van der Waals surface area contributed by atoms with Crippen LogP contribution in [0.5, 0.6) is 0 Å². The maximum atomic E-state index is 12.6. The first-order valence-corrected chi connectivity index (χ1v) is 10.8. The van der Waals surface area contributed by atoms with E-state index in [0.717, 1.165) is 56.4 Å². The van der Waals surface area contributed by atoms with Crippen LogP contribution < -0.4 is 0 Å². The minimum Gasteiger partial charge on any atom is -0.441 e. The molecule has 0 N–H and O–H groups in total. The van der Waals surface area contributed by atoms with Gasteiger partial charge in [-0.2, -0.15) is 0 Å². The third kappa shape index (κ3) is 3.37. The zero-order valence-electron chi connectivity index (χ0n) is 17.1. The zero-order chi connectivity index (χ0) is 20.1. The van der Waals surface area contributed by atoms with Crippen LogP contribution in [0.25, 0.3) is 15.9 Å². The first-order valence-electron chi connectivity index (χ1n) is 10.8. The average Bonchev–Trinajstić information content (AvgIpc) is 3.21. The van der Waals surface area contributed by atoms with Crippen LogP contribution in [-0.2, 0) is 11.3 Å². The summed E-state index contributed by atoms with van der Waals surface area (Å²) < 4.78 is 8.18. The van der Waals surface area contributed by atoms with Gasteiger partial charge in [0.05, 0.1) is 30.5 Å². The molecular formula is C23H28N4O2. The monoisotopic (exact) mass is 392 g/mol. The minimum absolute atomic E-state index is 0.117. The van der Waals surface area contributed by atoms with Crippen LogP contribution in [0.2, 0.25) is 0 Å². The van der Waals surface area contributed by atoms with Crippen molar-refractivity contribution in [1.29, 1.82) is 0 Å². The first kappa shape index (κ1) is 18.5. The van der Waals surface area contributed by atoms with Gasteiger partial charge in [0.1, 0.15) is 5.60 Å². The number of carbonyl (C=O) groups excluding carboxylic acids is 1. The molecule has 5 rings (SSSR count). The molecule has 1 aromatic heterocycles. The van der Waals surface area contributed by atoms with Crippen LogP contribution in [0, 0.1) is 17.9 Å². The van der Waals surface area contributed by atoms with Crippen molar-refractivity contribution < 1.29 is 9.53 Å². The largest absolute Gasteiger partial charge is 0.441 e. The van der Waals surface area contributed by atoms with Gasteiger partial charge in [0.15, 0.2) is 5.69 Å². The van der Waals surface area contributed by atoms with E-state index in [1.165, 1.54) is 19.3 Å². The molecule has 29 heavy (non-hydrogen) atoms. The molecule has 2 heterocycles. The second-order valence-electron chi connectivity index (χ2n) is 9.72. The van der Waals surface area contributed by atoms with Gasteiger partial charge >= 0.3 is 6.09 Å². The van der Waals surface area contributed by atoms with Gasteiger partial charge in [-0.15, -0.1) is 0 Å². The van der Waals surface area contributed by atoms with E-state index in [1.807, 2.05) is 29.4 Å². The van der Waals surface area contributed by atoms with Crippen molar-refractivity contribution in [2.24, 2.45) is 11.3 Å². The Bertz CT molecular complexity index is 986. The minimum atomic E-state index is -0.321. The molecule has 2 aromatic rings. The van der Waals surface area contributed by atoms with Crippen LogP contribution in [0.4, 0.5) is 10.5 Å². The summed E-state index contributed by atoms with van der Waals surface area (Å²) in [6, 6.07) is 5.65. The highest BCUT2D eigenvalue weighted by molar-refractivity contribution is 5.79. The normalized spacial score (nSPS) is 28.3. The van der Waals surface area contributed by atoms with Gasteiger partial charge in [0.25, 0.3) is 0 Å². The molecule has 2 atom stereocenters. The fourth-order valence-electron chi connectivity index (χ4n) is 5.59. The van der Waals surface area contributed by atoms with Crippen LogP contribution in [0.15, 0.2) is 24.5 Å². The van der Waals surface area contributed by atoms with E-state index >= 15 is 0 Å². The summed E-state index contributed by atoms with van der Waals surface area (Å²) in [6.07, 6.45) is 9.57. The van der Waals surface area contributed by atoms with Crippen LogP contribution in [0.1, 0.15) is 51.9 Å². The fourth-order valence-corrected chi connectivity index (χ4v) is 5.59. The van der Waals surface area contributed by atoms with Gasteiger partial charge in [0.2, 0.25) is 0 Å². The van der Waals surface area contributed by atoms with E-state index < -0.39 is 0 Å². The number of ether oxygens (including phenoxy) is 1. The van der Waals surface area contributed by atoms with Crippen molar-refractivity contribution in [2.45, 2.75) is 64.0 Å². The van der Waals surface area contributed by atoms with E-state index in [1.54, 1.807) is 0 Å². The molecule has 0 bridgehead atoms. The smallest absolute Gasteiger partial charge is 0.410 e. The Hall–Kier alpha value is -2.55. The third-order valence-corrected chi connectivity index (χ3v) is 7.27. The van der Waals surface area contributed by atoms with E-state index in [0.29, 0.717) is 11.6 Å². The maximum absolute atomic E-state index is 12.6. The van der Waals surface area contributed by atoms with Crippen molar-refractivity contribution >= 4 is 22.8 Å². The highest BCUT2D eigenvalue weighted by Gasteiger charge is 2.49. The summed E-state index contributed by atoms with van der Waals surface area (Å²) in [5, 5.41) is 0. The van der Waals surface area contributed by atoms with Crippen molar-refractivity contribution in [3.63, 3.8) is 0 Å². The Morgan fingerprint density at radius 3 is 2.93 bits per heavy atom. The quantitative estimate of drug-likeness (QED) is 0.676. The predicted octanol–water partition coefficient (Wildman–Crippen LogP) is 5.16. The number of fused-ring (bicyclic) bond motifs is 1. The van der Waals surface area contributed by atoms with E-state index in [4.69, 9.17) is 11.3 Å². The lowest BCUT2D eigenvalue weighted by molar-refractivity contribution is 0.00403. The van der Waals surface area contributed by atoms with Gasteiger partial charge in [-0.3, -0.25) is 0 Å². The number of imidazole rings is 1. The summed E-state index contributed by atoms with van der Waals surface area (Å²) in [5.74, 6) is 0.449. The Kier molecular flexibility index (Phi) is 4.31. The highest BCUT2D eigenvalue weighted by Crippen LogP contribution is 2.45. The van der Waals surface area contributed by atoms with E-state index in [9.17, 15) is 4.79 Å². The molecule has 2 saturated carbocycles. The standard InChI is InChI=1S/C23H28N4O2/c1-22(8-4-9-22)14-27-15-23(29-21(27)28)10-3-5-17(12-23)13-26-16-25-19-7-6-18(24-2)11-20(19)26/h6-7,11,16-17H,3-5,8-10,12-15H2,1H3/t17-,23-/m0/s1. The molecule has 6 heteroatoms. The summed E-state index contributed by atoms with van der Waals surface area (Å²) in [7, 11) is 0. The second-order valence-corrected chi connectivity index (χ2v) is 9.72. The van der Waals surface area contributed by atoms with Gasteiger partial charge in [-0.1, -0.05) is 19.4 Å². The molecule has 3 fully saturated rings. The number of carbonyl (C=O) groups is 1. The summed E-state index contributed by atoms with van der Waals surface area (Å²) in [4.78, 5) is 22.6. The van der Waals surface area contributed by atoms with Crippen molar-refractivity contribution in [3.8, 4) is 0 Å². The van der Waals surface area contributed by atoms with Crippen LogP contribution in [0.3, 0.4) is 0 Å². The molecule has 0 radical (unpaired) electrons. The SMILES string of the molecule is [C-]#[N+]c1ccc2ncn(C[C@H]3CCC[C@]4(C3)CN(CC3(C)CCC3)C(=O)O4)c2c1. The highest BCUT2D eigenvalue weighted by atomic mass is 16.6. The molecule has 1 aliphatic heterocycles. The Labute approximate surface area is 171 Å². The number of hydrogen-bond acceptors (Lipinski definition) is 3. The van der Waals surface area contributed by atoms with E-state index in [2.05, 4.69) is 21.3 Å². The Balaban J connectivity index is 1.30. The summed E-state index contributed by atoms with van der Waals surface area (Å²) in [6.45, 7) is 12.0. The maximum Gasteiger partial charge on any atom is 0.410 e. The molecule has 1 amide bonds. The first-order chi connectivity index (χ1) is 14.0. The molecule has 2 aliphatic carbocycles. The number of nitrogens with zero attached hydrogens (tertiary/aromatic N) is 4. The molecule has 0 unspecified atom stereocenters. The average molecular weight is 393 g/mol. The van der Waals surface area contributed by atoms with Crippen molar-refractivity contribution in [3.05, 3.63) is 35.9 Å². The molecule has 1 saturated heterocycles. The molecule has 152 valence electrons. The lowest BCUT2D eigenvalue weighted by Crippen LogP contribution is -2.44. The molecular weight excluding hydrogens is 364 g/mol. The fraction of sp³-hybridized carbons (Fsp3) is 0.609. The van der Waals surface area contributed by atoms with Crippen LogP contribution in [-0.4, -0.2) is 39.2 Å². The Morgan fingerprint density at radius 1 is 1.31 bits per heavy atom. The lowest BCUT2D eigenvalue weighted by Gasteiger charge is -2.41. The number of benzene rings is 1. The summed E-state index contributed by atoms with van der Waals surface area (Å²) in [5.41, 5.74) is 2.55. The van der Waals surface area contributed by atoms with E-state index in [-0.39, 0.29) is 17.1 Å². The molecule has 6 nitrogen and oxygen atoms in total. The van der Waals surface area contributed by atoms with Crippen molar-refractivity contribution in [2.75, 3.05) is 13.1 Å². The topological polar surface area (TPSA) is 51.7 Å². The Morgan fingerprint density at radius 2 is 2.17 bits per heavy atom. The van der Waals surface area contributed by atoms with Gasteiger partial charge in [0, 0.05) is 13.1 Å². The third-order valence-electron chi connectivity index (χ3n) is 7.27. The number of aromatic nitrogens is 2. The summed E-state index contributed by atoms with van der Waals surface area (Å²) >= 11 is 0. The van der Waals surface area contributed by atoms with Crippen LogP contribution >= 0.6 is 0 Å². The number of amides is 1. The van der Waals surface area contributed by atoms with Gasteiger partial charge in [-0.05, 0) is 62.0 Å². The number of hydrogen-bond donors (Lipinski definition) is 0. The zero-order valence-corrected chi connectivity index (χ0v) is 17.1. The molecule has 3 aliphatic rings.